The molecule has 2 heterocycles. The van der Waals surface area contributed by atoms with Crippen LogP contribution in [0.25, 0.3) is 0 Å². The highest BCUT2D eigenvalue weighted by atomic mass is 19.1. The molecule has 1 saturated heterocycles. The third kappa shape index (κ3) is 4.60. The topological polar surface area (TPSA) is 100 Å². The van der Waals surface area contributed by atoms with Gasteiger partial charge in [0.05, 0.1) is 6.54 Å². The molecule has 1 aliphatic heterocycles. The standard InChI is InChI=1S/C18H22FN5O3/c1-11(2)21-18(26)20-9-15-22-17(27-23-15)14-7-8-16(25)24(14)10-12-5-3-4-6-13(12)19/h3-6,11,14H,7-10H2,1-2H3,(H2,20,21,26)/t14-/m0/s1. The molecule has 1 aromatic heterocycles. The Morgan fingerprint density at radius 2 is 2.19 bits per heavy atom. The number of hydrogen-bond acceptors (Lipinski definition) is 5. The van der Waals surface area contributed by atoms with Crippen molar-refractivity contribution in [1.82, 2.24) is 25.7 Å². The van der Waals surface area contributed by atoms with Crippen LogP contribution in [0.5, 0.6) is 0 Å². The molecular formula is C18H22FN5O3. The third-order valence-electron chi connectivity index (χ3n) is 4.22. The first-order valence-corrected chi connectivity index (χ1v) is 8.83. The van der Waals surface area contributed by atoms with E-state index in [0.29, 0.717) is 30.1 Å². The summed E-state index contributed by atoms with van der Waals surface area (Å²) in [4.78, 5) is 29.7. The van der Waals surface area contributed by atoms with Gasteiger partial charge in [-0.05, 0) is 26.3 Å². The smallest absolute Gasteiger partial charge is 0.315 e. The number of carbonyl (C=O) groups is 2. The van der Waals surface area contributed by atoms with Crippen LogP contribution in [-0.4, -0.2) is 33.0 Å². The Bertz CT molecular complexity index is 823. The number of likely N-dealkylation sites (tertiary alicyclic amines) is 1. The lowest BCUT2D eigenvalue weighted by atomic mass is 10.1. The minimum absolute atomic E-state index is 0.0160. The van der Waals surface area contributed by atoms with Gasteiger partial charge in [0.2, 0.25) is 11.8 Å². The van der Waals surface area contributed by atoms with Crippen molar-refractivity contribution in [2.45, 2.75) is 51.9 Å². The average Bonchev–Trinajstić information content (AvgIpc) is 3.22. The molecule has 0 aliphatic carbocycles. The lowest BCUT2D eigenvalue weighted by Gasteiger charge is -2.22. The Labute approximate surface area is 156 Å². The fourth-order valence-electron chi connectivity index (χ4n) is 2.95. The Balaban J connectivity index is 1.66. The third-order valence-corrected chi connectivity index (χ3v) is 4.22. The summed E-state index contributed by atoms with van der Waals surface area (Å²) in [6.07, 6.45) is 0.863. The van der Waals surface area contributed by atoms with Gasteiger partial charge in [-0.2, -0.15) is 4.98 Å². The van der Waals surface area contributed by atoms with Gasteiger partial charge in [0.25, 0.3) is 0 Å². The van der Waals surface area contributed by atoms with Crippen molar-refractivity contribution in [3.05, 3.63) is 47.4 Å². The first-order chi connectivity index (χ1) is 12.9. The molecule has 1 aliphatic rings. The molecule has 0 radical (unpaired) electrons. The number of halogens is 1. The van der Waals surface area contributed by atoms with Gasteiger partial charge in [0.1, 0.15) is 11.9 Å². The lowest BCUT2D eigenvalue weighted by molar-refractivity contribution is -0.130. The summed E-state index contributed by atoms with van der Waals surface area (Å²) in [7, 11) is 0. The SMILES string of the molecule is CC(C)NC(=O)NCc1noc([C@@H]2CCC(=O)N2Cc2ccccc2F)n1. The fraction of sp³-hybridized carbons (Fsp3) is 0.444. The maximum Gasteiger partial charge on any atom is 0.315 e. The van der Waals surface area contributed by atoms with E-state index in [9.17, 15) is 14.0 Å². The summed E-state index contributed by atoms with van der Waals surface area (Å²) >= 11 is 0. The summed E-state index contributed by atoms with van der Waals surface area (Å²) in [5.41, 5.74) is 0.435. The van der Waals surface area contributed by atoms with E-state index in [2.05, 4.69) is 20.8 Å². The van der Waals surface area contributed by atoms with Crippen molar-refractivity contribution in [1.29, 1.82) is 0 Å². The van der Waals surface area contributed by atoms with Gasteiger partial charge in [-0.3, -0.25) is 4.79 Å². The van der Waals surface area contributed by atoms with Crippen molar-refractivity contribution in [2.75, 3.05) is 0 Å². The van der Waals surface area contributed by atoms with Gasteiger partial charge >= 0.3 is 6.03 Å². The van der Waals surface area contributed by atoms with E-state index in [0.717, 1.165) is 0 Å². The van der Waals surface area contributed by atoms with E-state index in [1.807, 2.05) is 13.8 Å². The lowest BCUT2D eigenvalue weighted by Crippen LogP contribution is -2.39. The van der Waals surface area contributed by atoms with E-state index in [1.54, 1.807) is 23.1 Å². The van der Waals surface area contributed by atoms with Crippen LogP contribution in [0.4, 0.5) is 9.18 Å². The maximum atomic E-state index is 13.9. The van der Waals surface area contributed by atoms with E-state index < -0.39 is 6.04 Å². The number of nitrogens with one attached hydrogen (secondary N) is 2. The van der Waals surface area contributed by atoms with E-state index in [4.69, 9.17) is 4.52 Å². The number of rotatable bonds is 6. The molecule has 0 unspecified atom stereocenters. The number of nitrogens with zero attached hydrogens (tertiary/aromatic N) is 3. The summed E-state index contributed by atoms with van der Waals surface area (Å²) < 4.78 is 19.2. The van der Waals surface area contributed by atoms with Crippen LogP contribution in [0.15, 0.2) is 28.8 Å². The second kappa shape index (κ2) is 8.15. The monoisotopic (exact) mass is 375 g/mol. The van der Waals surface area contributed by atoms with Crippen LogP contribution in [-0.2, 0) is 17.9 Å². The zero-order valence-electron chi connectivity index (χ0n) is 15.2. The highest BCUT2D eigenvalue weighted by molar-refractivity contribution is 5.78. The normalized spacial score (nSPS) is 16.8. The molecule has 144 valence electrons. The first-order valence-electron chi connectivity index (χ1n) is 8.83. The molecule has 27 heavy (non-hydrogen) atoms. The molecule has 1 atom stereocenters. The zero-order chi connectivity index (χ0) is 19.4. The van der Waals surface area contributed by atoms with Crippen molar-refractivity contribution >= 4 is 11.9 Å². The molecule has 9 heteroatoms. The Kier molecular flexibility index (Phi) is 5.68. The van der Waals surface area contributed by atoms with Crippen LogP contribution in [0, 0.1) is 5.82 Å². The van der Waals surface area contributed by atoms with E-state index in [1.165, 1.54) is 6.07 Å². The molecule has 1 aromatic carbocycles. The second-order valence-corrected chi connectivity index (χ2v) is 6.70. The fourth-order valence-corrected chi connectivity index (χ4v) is 2.95. The molecule has 2 aromatic rings. The van der Waals surface area contributed by atoms with Crippen molar-refractivity contribution in [3.63, 3.8) is 0 Å². The highest BCUT2D eigenvalue weighted by Crippen LogP contribution is 2.33. The van der Waals surface area contributed by atoms with Crippen LogP contribution in [0.1, 0.15) is 50.0 Å². The van der Waals surface area contributed by atoms with Gasteiger partial charge in [0.15, 0.2) is 5.82 Å². The molecule has 2 N–H and O–H groups in total. The maximum absolute atomic E-state index is 13.9. The molecule has 0 spiro atoms. The molecule has 0 saturated carbocycles. The minimum Gasteiger partial charge on any atom is -0.337 e. The van der Waals surface area contributed by atoms with E-state index in [-0.39, 0.29) is 36.9 Å². The van der Waals surface area contributed by atoms with Crippen molar-refractivity contribution in [2.24, 2.45) is 0 Å². The van der Waals surface area contributed by atoms with Gasteiger partial charge in [-0.1, -0.05) is 23.4 Å². The number of benzene rings is 1. The predicted molar refractivity (Wildman–Crippen MR) is 93.7 cm³/mol. The summed E-state index contributed by atoms with van der Waals surface area (Å²) in [5, 5.41) is 9.19. The van der Waals surface area contributed by atoms with Crippen molar-refractivity contribution in [3.8, 4) is 0 Å². The predicted octanol–water partition coefficient (Wildman–Crippen LogP) is 2.28. The quantitative estimate of drug-likeness (QED) is 0.807. The minimum atomic E-state index is -0.400. The van der Waals surface area contributed by atoms with Gasteiger partial charge in [-0.15, -0.1) is 0 Å². The summed E-state index contributed by atoms with van der Waals surface area (Å²) in [6.45, 7) is 3.96. The first kappa shape index (κ1) is 18.8. The largest absolute Gasteiger partial charge is 0.337 e. The Morgan fingerprint density at radius 3 is 2.93 bits per heavy atom. The number of aromatic nitrogens is 2. The molecule has 8 nitrogen and oxygen atoms in total. The van der Waals surface area contributed by atoms with Crippen LogP contribution in [0.2, 0.25) is 0 Å². The van der Waals surface area contributed by atoms with Gasteiger partial charge < -0.3 is 20.1 Å². The molecular weight excluding hydrogens is 353 g/mol. The van der Waals surface area contributed by atoms with Crippen LogP contribution < -0.4 is 10.6 Å². The number of urea groups is 1. The Hall–Kier alpha value is -2.97. The highest BCUT2D eigenvalue weighted by Gasteiger charge is 2.36. The molecule has 3 amide bonds. The Morgan fingerprint density at radius 1 is 1.41 bits per heavy atom. The molecule has 1 fully saturated rings. The number of carbonyl (C=O) groups excluding carboxylic acids is 2. The van der Waals surface area contributed by atoms with Crippen molar-refractivity contribution < 1.29 is 18.5 Å². The summed E-state index contributed by atoms with van der Waals surface area (Å²) in [6, 6.07) is 5.64. The van der Waals surface area contributed by atoms with Gasteiger partial charge in [-0.25, -0.2) is 9.18 Å². The molecule has 3 rings (SSSR count). The average molecular weight is 375 g/mol. The second-order valence-electron chi connectivity index (χ2n) is 6.70. The van der Waals surface area contributed by atoms with Gasteiger partial charge in [0, 0.05) is 24.6 Å². The number of amides is 3. The van der Waals surface area contributed by atoms with Crippen LogP contribution >= 0.6 is 0 Å². The zero-order valence-corrected chi connectivity index (χ0v) is 15.2. The summed E-state index contributed by atoms with van der Waals surface area (Å²) in [5.74, 6) is 0.160. The molecule has 0 bridgehead atoms. The number of hydrogen-bond donors (Lipinski definition) is 2. The van der Waals surface area contributed by atoms with Crippen LogP contribution in [0.3, 0.4) is 0 Å². The van der Waals surface area contributed by atoms with E-state index >= 15 is 0 Å².